The molecule has 0 aliphatic heterocycles. The van der Waals surface area contributed by atoms with Crippen LogP contribution in [0.25, 0.3) is 18.4 Å². The number of rotatable bonds is 5. The van der Waals surface area contributed by atoms with E-state index in [1.807, 2.05) is 36.7 Å². The maximum absolute atomic E-state index is 3.91. The van der Waals surface area contributed by atoms with Gasteiger partial charge in [0.2, 0.25) is 0 Å². The van der Waals surface area contributed by atoms with Crippen LogP contribution in [-0.2, 0) is 6.42 Å². The summed E-state index contributed by atoms with van der Waals surface area (Å²) in [4.78, 5) is 0. The van der Waals surface area contributed by atoms with E-state index in [2.05, 4.69) is 72.0 Å². The van der Waals surface area contributed by atoms with Crippen molar-refractivity contribution in [3.8, 4) is 0 Å². The molecule has 0 amide bonds. The minimum Gasteiger partial charge on any atom is -0.174 e. The Kier molecular flexibility index (Phi) is 4.80. The highest BCUT2D eigenvalue weighted by molar-refractivity contribution is 5.62. The van der Waals surface area contributed by atoms with Crippen molar-refractivity contribution in [1.82, 2.24) is 0 Å². The fraction of sp³-hybridized carbons (Fsp3) is 0.0455. The van der Waals surface area contributed by atoms with Gasteiger partial charge in [0.25, 0.3) is 0 Å². The summed E-state index contributed by atoms with van der Waals surface area (Å²) in [5.74, 6) is 0. The van der Waals surface area contributed by atoms with Gasteiger partial charge in [-0.25, -0.2) is 0 Å². The summed E-state index contributed by atoms with van der Waals surface area (Å²) in [6, 6.07) is 23.0. The lowest BCUT2D eigenvalue weighted by Crippen LogP contribution is -2.23. The molecule has 0 radical (unpaired) electrons. The summed E-state index contributed by atoms with van der Waals surface area (Å²) in [6.45, 7) is 3.91. The van der Waals surface area contributed by atoms with Crippen LogP contribution in [-0.4, -0.2) is 0 Å². The molecule has 1 nitrogen and oxygen atoms in total. The molecule has 0 unspecified atom stereocenters. The lowest BCUT2D eigenvalue weighted by atomic mass is 9.96. The van der Waals surface area contributed by atoms with Crippen molar-refractivity contribution >= 4 is 18.4 Å². The molecular weight excluding hydrogens is 278 g/mol. The first kappa shape index (κ1) is 15.0. The van der Waals surface area contributed by atoms with Crippen LogP contribution in [0.1, 0.15) is 22.3 Å². The molecule has 0 bridgehead atoms. The van der Waals surface area contributed by atoms with Crippen molar-refractivity contribution in [2.24, 2.45) is 0 Å². The Balaban J connectivity index is 1.89. The third kappa shape index (κ3) is 3.83. The molecule has 1 aromatic heterocycles. The van der Waals surface area contributed by atoms with Crippen LogP contribution in [0, 0.1) is 0 Å². The number of hydrogen-bond donors (Lipinski definition) is 0. The van der Waals surface area contributed by atoms with Crippen LogP contribution >= 0.6 is 0 Å². The first-order valence-corrected chi connectivity index (χ1v) is 7.79. The van der Waals surface area contributed by atoms with Crippen LogP contribution in [0.4, 0.5) is 0 Å². The molecule has 0 saturated heterocycles. The first-order valence-electron chi connectivity index (χ1n) is 7.79. The molecule has 0 aliphatic carbocycles. The number of aromatic nitrogens is 1. The number of pyridine rings is 1. The maximum atomic E-state index is 3.91. The van der Waals surface area contributed by atoms with Gasteiger partial charge in [0.05, 0.1) is 0 Å². The summed E-state index contributed by atoms with van der Waals surface area (Å²) in [5, 5.41) is 0. The molecule has 0 fully saturated rings. The van der Waals surface area contributed by atoms with E-state index in [1.165, 1.54) is 22.3 Å². The lowest BCUT2D eigenvalue weighted by molar-refractivity contribution is -0.567. The van der Waals surface area contributed by atoms with E-state index in [4.69, 9.17) is 0 Å². The molecule has 3 rings (SSSR count). The van der Waals surface area contributed by atoms with Gasteiger partial charge < -0.3 is 0 Å². The normalized spacial score (nSPS) is 10.8. The second-order valence-electron chi connectivity index (χ2n) is 5.42. The predicted molar refractivity (Wildman–Crippen MR) is 97.6 cm³/mol. The van der Waals surface area contributed by atoms with Crippen molar-refractivity contribution in [3.63, 3.8) is 0 Å². The van der Waals surface area contributed by atoms with E-state index in [9.17, 15) is 0 Å². The molecule has 0 aliphatic rings. The number of hydrogen-bond acceptors (Lipinski definition) is 0. The highest BCUT2D eigenvalue weighted by Gasteiger charge is 2.04. The minimum absolute atomic E-state index is 0.905. The van der Waals surface area contributed by atoms with Crippen molar-refractivity contribution in [3.05, 3.63) is 108 Å². The highest BCUT2D eigenvalue weighted by Crippen LogP contribution is 2.19. The van der Waals surface area contributed by atoms with E-state index in [1.54, 1.807) is 0 Å². The van der Waals surface area contributed by atoms with Gasteiger partial charge in [0, 0.05) is 18.2 Å². The average Bonchev–Trinajstić information content (AvgIpc) is 2.62. The van der Waals surface area contributed by atoms with E-state index in [-0.39, 0.29) is 0 Å². The smallest absolute Gasteiger partial charge is 0.174 e. The number of benzene rings is 2. The molecule has 0 atom stereocenters. The average molecular weight is 298 g/mol. The Hall–Kier alpha value is -2.93. The zero-order valence-electron chi connectivity index (χ0n) is 13.1. The summed E-state index contributed by atoms with van der Waals surface area (Å²) in [6.07, 6.45) is 11.1. The molecule has 112 valence electrons. The van der Waals surface area contributed by atoms with E-state index < -0.39 is 0 Å². The molecule has 1 heteroatoms. The molecule has 3 aromatic rings. The van der Waals surface area contributed by atoms with Crippen LogP contribution < -0.4 is 4.57 Å². The fourth-order valence-corrected chi connectivity index (χ4v) is 2.64. The van der Waals surface area contributed by atoms with Crippen molar-refractivity contribution in [1.29, 1.82) is 0 Å². The molecule has 23 heavy (non-hydrogen) atoms. The minimum atomic E-state index is 0.905. The second-order valence-corrected chi connectivity index (χ2v) is 5.42. The van der Waals surface area contributed by atoms with Gasteiger partial charge in [-0.05, 0) is 28.7 Å². The summed E-state index contributed by atoms with van der Waals surface area (Å²) in [7, 11) is 0. The molecule has 0 saturated carbocycles. The van der Waals surface area contributed by atoms with Crippen molar-refractivity contribution in [2.75, 3.05) is 0 Å². The monoisotopic (exact) mass is 298 g/mol. The van der Waals surface area contributed by atoms with Gasteiger partial charge in [0.15, 0.2) is 18.6 Å². The highest BCUT2D eigenvalue weighted by atomic mass is 14.9. The van der Waals surface area contributed by atoms with Crippen LogP contribution in [0.15, 0.2) is 85.7 Å². The van der Waals surface area contributed by atoms with Gasteiger partial charge in [-0.3, -0.25) is 0 Å². The van der Waals surface area contributed by atoms with Crippen LogP contribution in [0.5, 0.6) is 0 Å². The predicted octanol–water partition coefficient (Wildman–Crippen LogP) is 4.84. The Morgan fingerprint density at radius 1 is 0.739 bits per heavy atom. The lowest BCUT2D eigenvalue weighted by Gasteiger charge is -2.08. The molecular formula is C22H20N+. The summed E-state index contributed by atoms with van der Waals surface area (Å²) < 4.78 is 2.05. The van der Waals surface area contributed by atoms with Gasteiger partial charge >= 0.3 is 0 Å². The van der Waals surface area contributed by atoms with Crippen LogP contribution in [0.2, 0.25) is 0 Å². The molecule has 0 spiro atoms. The zero-order chi connectivity index (χ0) is 15.9. The van der Waals surface area contributed by atoms with Crippen molar-refractivity contribution in [2.45, 2.75) is 6.42 Å². The maximum Gasteiger partial charge on any atom is 0.175 e. The Bertz CT molecular complexity index is 816. The topological polar surface area (TPSA) is 3.88 Å². The van der Waals surface area contributed by atoms with Gasteiger partial charge in [0.1, 0.15) is 0 Å². The third-order valence-corrected chi connectivity index (χ3v) is 3.88. The van der Waals surface area contributed by atoms with Gasteiger partial charge in [-0.1, -0.05) is 67.3 Å². The van der Waals surface area contributed by atoms with Gasteiger partial charge in [-0.15, -0.1) is 0 Å². The third-order valence-electron chi connectivity index (χ3n) is 3.88. The largest absolute Gasteiger partial charge is 0.175 e. The number of nitrogens with zero attached hydrogens (tertiary/aromatic N) is 1. The zero-order valence-corrected chi connectivity index (χ0v) is 13.1. The Morgan fingerprint density at radius 3 is 2.04 bits per heavy atom. The van der Waals surface area contributed by atoms with E-state index in [0.29, 0.717) is 0 Å². The molecule has 1 heterocycles. The van der Waals surface area contributed by atoms with E-state index in [0.717, 1.165) is 6.42 Å². The standard InChI is InChI=1S/C22H20N/c1-2-19-10-4-6-12-21(19)18-22-13-7-5-11-20(22)14-17-23-15-8-3-9-16-23/h2-17H,1,18H2/q+1/b17-14-. The summed E-state index contributed by atoms with van der Waals surface area (Å²) in [5.41, 5.74) is 5.05. The molecule has 2 aromatic carbocycles. The second kappa shape index (κ2) is 7.37. The Labute approximate surface area is 137 Å². The quantitative estimate of drug-likeness (QED) is 0.594. The van der Waals surface area contributed by atoms with Crippen molar-refractivity contribution < 1.29 is 4.57 Å². The Morgan fingerprint density at radius 2 is 1.35 bits per heavy atom. The fourth-order valence-electron chi connectivity index (χ4n) is 2.64. The summed E-state index contributed by atoms with van der Waals surface area (Å²) >= 11 is 0. The SMILES string of the molecule is C=Cc1ccccc1Cc1ccccc1/C=C\[n+]1ccccc1. The van der Waals surface area contributed by atoms with Crippen LogP contribution in [0.3, 0.4) is 0 Å². The molecule has 0 N–H and O–H groups in total. The first-order chi connectivity index (χ1) is 11.4. The van der Waals surface area contributed by atoms with Gasteiger partial charge in [-0.2, -0.15) is 4.57 Å². The van der Waals surface area contributed by atoms with E-state index >= 15 is 0 Å².